The minimum atomic E-state index is -0.725. The third-order valence-electron chi connectivity index (χ3n) is 4.95. The van der Waals surface area contributed by atoms with Gasteiger partial charge >= 0.3 is 5.97 Å². The van der Waals surface area contributed by atoms with Gasteiger partial charge in [0.2, 0.25) is 0 Å². The van der Waals surface area contributed by atoms with E-state index in [4.69, 9.17) is 0 Å². The van der Waals surface area contributed by atoms with Gasteiger partial charge in [-0.3, -0.25) is 14.6 Å². The van der Waals surface area contributed by atoms with Gasteiger partial charge in [-0.25, -0.2) is 0 Å². The van der Waals surface area contributed by atoms with Crippen LogP contribution < -0.4 is 0 Å². The van der Waals surface area contributed by atoms with Crippen molar-refractivity contribution in [1.82, 2.24) is 9.80 Å². The first-order valence-electron chi connectivity index (χ1n) is 8.89. The molecule has 1 N–H and O–H groups in total. The molecule has 0 unspecified atom stereocenters. The van der Waals surface area contributed by atoms with Crippen LogP contribution in [0.25, 0.3) is 0 Å². The number of carboxylic acid groups (broad SMARTS) is 1. The number of carboxylic acids is 1. The highest BCUT2D eigenvalue weighted by atomic mass is 16.4. The highest BCUT2D eigenvalue weighted by Gasteiger charge is 2.32. The number of rotatable bonds is 6. The van der Waals surface area contributed by atoms with Crippen LogP contribution in [0.2, 0.25) is 0 Å². The van der Waals surface area contributed by atoms with Gasteiger partial charge in [-0.2, -0.15) is 0 Å². The van der Waals surface area contributed by atoms with E-state index in [9.17, 15) is 9.90 Å². The van der Waals surface area contributed by atoms with Gasteiger partial charge in [-0.1, -0.05) is 60.7 Å². The lowest BCUT2D eigenvalue weighted by molar-refractivity contribution is -0.139. The lowest BCUT2D eigenvalue weighted by Crippen LogP contribution is -2.57. The smallest absolute Gasteiger partial charge is 0.304 e. The first-order chi connectivity index (χ1) is 12.1. The molecule has 4 nitrogen and oxygen atoms in total. The van der Waals surface area contributed by atoms with Crippen molar-refractivity contribution < 1.29 is 9.90 Å². The van der Waals surface area contributed by atoms with E-state index < -0.39 is 5.97 Å². The summed E-state index contributed by atoms with van der Waals surface area (Å²) >= 11 is 0. The van der Waals surface area contributed by atoms with Gasteiger partial charge in [-0.05, 0) is 18.1 Å². The Bertz CT molecular complexity index is 675. The highest BCUT2D eigenvalue weighted by molar-refractivity contribution is 5.67. The van der Waals surface area contributed by atoms with Gasteiger partial charge < -0.3 is 5.11 Å². The first kappa shape index (κ1) is 17.6. The van der Waals surface area contributed by atoms with Crippen molar-refractivity contribution >= 4 is 5.97 Å². The van der Waals surface area contributed by atoms with Crippen molar-refractivity contribution in [2.75, 3.05) is 13.1 Å². The molecule has 1 aliphatic heterocycles. The molecule has 0 aromatic heterocycles. The van der Waals surface area contributed by atoms with Crippen LogP contribution in [0.5, 0.6) is 0 Å². The van der Waals surface area contributed by atoms with Crippen LogP contribution in [0.1, 0.15) is 24.5 Å². The second-order valence-electron chi connectivity index (χ2n) is 6.93. The Kier molecular flexibility index (Phi) is 5.84. The molecule has 4 heteroatoms. The molecule has 1 aliphatic rings. The maximum Gasteiger partial charge on any atom is 0.304 e. The van der Waals surface area contributed by atoms with Crippen molar-refractivity contribution in [3.05, 3.63) is 71.8 Å². The molecular formula is C21H26N2O2. The van der Waals surface area contributed by atoms with Crippen LogP contribution in [0.3, 0.4) is 0 Å². The van der Waals surface area contributed by atoms with Crippen LogP contribution in [-0.2, 0) is 17.9 Å². The van der Waals surface area contributed by atoms with Crippen LogP contribution in [0, 0.1) is 0 Å². The van der Waals surface area contributed by atoms with Gasteiger partial charge in [0.25, 0.3) is 0 Å². The zero-order valence-corrected chi connectivity index (χ0v) is 14.7. The minimum absolute atomic E-state index is 0.0395. The summed E-state index contributed by atoms with van der Waals surface area (Å²) in [6.07, 6.45) is 0.185. The van der Waals surface area contributed by atoms with Crippen LogP contribution in [0.4, 0.5) is 0 Å². The zero-order valence-electron chi connectivity index (χ0n) is 14.7. The Hall–Kier alpha value is -2.17. The van der Waals surface area contributed by atoms with Crippen LogP contribution in [-0.4, -0.2) is 46.0 Å². The molecule has 2 atom stereocenters. The van der Waals surface area contributed by atoms with E-state index in [1.807, 2.05) is 24.3 Å². The fraction of sp³-hybridized carbons (Fsp3) is 0.381. The lowest BCUT2D eigenvalue weighted by Gasteiger charge is -2.45. The predicted octanol–water partition coefficient (Wildman–Crippen LogP) is 3.24. The number of benzene rings is 2. The van der Waals surface area contributed by atoms with E-state index in [0.717, 1.165) is 26.2 Å². The number of carbonyl (C=O) groups is 1. The van der Waals surface area contributed by atoms with Gasteiger partial charge in [0, 0.05) is 38.3 Å². The Morgan fingerprint density at radius 3 is 1.96 bits per heavy atom. The molecule has 1 heterocycles. The van der Waals surface area contributed by atoms with Gasteiger partial charge in [0.05, 0.1) is 6.42 Å². The molecule has 0 spiro atoms. The van der Waals surface area contributed by atoms with Gasteiger partial charge in [0.1, 0.15) is 0 Å². The second kappa shape index (κ2) is 8.28. The van der Waals surface area contributed by atoms with Gasteiger partial charge in [0.15, 0.2) is 0 Å². The number of piperazine rings is 1. The summed E-state index contributed by atoms with van der Waals surface area (Å²) in [6.45, 7) is 5.59. The van der Waals surface area contributed by atoms with E-state index in [1.165, 1.54) is 11.1 Å². The van der Waals surface area contributed by atoms with Crippen molar-refractivity contribution in [2.24, 2.45) is 0 Å². The lowest BCUT2D eigenvalue weighted by atomic mass is 10.0. The zero-order chi connectivity index (χ0) is 17.6. The van der Waals surface area contributed by atoms with Crippen molar-refractivity contribution in [3.63, 3.8) is 0 Å². The van der Waals surface area contributed by atoms with E-state index in [0.29, 0.717) is 6.04 Å². The largest absolute Gasteiger partial charge is 0.481 e. The maximum absolute atomic E-state index is 11.4. The number of nitrogens with zero attached hydrogens (tertiary/aromatic N) is 2. The second-order valence-corrected chi connectivity index (χ2v) is 6.93. The molecule has 0 amide bonds. The molecule has 0 bridgehead atoms. The summed E-state index contributed by atoms with van der Waals surface area (Å²) in [5.74, 6) is -0.725. The standard InChI is InChI=1S/C21H26N2O2/c1-17-13-23(15-19-10-6-3-7-11-19)20(12-21(24)25)16-22(17)14-18-8-4-2-5-9-18/h2-11,17,20H,12-16H2,1H3,(H,24,25)/t17-,20+/m0/s1. The summed E-state index contributed by atoms with van der Waals surface area (Å²) in [6, 6.07) is 21.2. The molecule has 0 aliphatic carbocycles. The molecule has 1 saturated heterocycles. The van der Waals surface area contributed by atoms with Crippen molar-refractivity contribution in [2.45, 2.75) is 38.5 Å². The molecule has 0 radical (unpaired) electrons. The van der Waals surface area contributed by atoms with E-state index >= 15 is 0 Å². The molecule has 1 fully saturated rings. The van der Waals surface area contributed by atoms with Crippen molar-refractivity contribution in [3.8, 4) is 0 Å². The minimum Gasteiger partial charge on any atom is -0.481 e. The molecule has 25 heavy (non-hydrogen) atoms. The Balaban J connectivity index is 1.71. The third kappa shape index (κ3) is 4.91. The fourth-order valence-electron chi connectivity index (χ4n) is 3.62. The average Bonchev–Trinajstić information content (AvgIpc) is 2.60. The average molecular weight is 338 g/mol. The highest BCUT2D eigenvalue weighted by Crippen LogP contribution is 2.22. The fourth-order valence-corrected chi connectivity index (χ4v) is 3.62. The molecule has 0 saturated carbocycles. The molecule has 132 valence electrons. The number of hydrogen-bond acceptors (Lipinski definition) is 3. The Labute approximate surface area is 149 Å². The molecular weight excluding hydrogens is 312 g/mol. The van der Waals surface area contributed by atoms with Crippen LogP contribution in [0.15, 0.2) is 60.7 Å². The summed E-state index contributed by atoms with van der Waals surface area (Å²) in [7, 11) is 0. The SMILES string of the molecule is C[C@H]1CN(Cc2ccccc2)[C@H](CC(=O)O)CN1Cc1ccccc1. The molecule has 2 aromatic carbocycles. The maximum atomic E-state index is 11.4. The summed E-state index contributed by atoms with van der Waals surface area (Å²) in [5, 5.41) is 9.35. The summed E-state index contributed by atoms with van der Waals surface area (Å²) in [5.41, 5.74) is 2.52. The Morgan fingerprint density at radius 2 is 1.44 bits per heavy atom. The van der Waals surface area contributed by atoms with Gasteiger partial charge in [-0.15, -0.1) is 0 Å². The monoisotopic (exact) mass is 338 g/mol. The number of aliphatic carboxylic acids is 1. The first-order valence-corrected chi connectivity index (χ1v) is 8.89. The molecule has 2 aromatic rings. The normalized spacial score (nSPS) is 22.0. The topological polar surface area (TPSA) is 43.8 Å². The van der Waals surface area contributed by atoms with E-state index in [-0.39, 0.29) is 12.5 Å². The third-order valence-corrected chi connectivity index (χ3v) is 4.95. The quantitative estimate of drug-likeness (QED) is 0.878. The number of hydrogen-bond donors (Lipinski definition) is 1. The predicted molar refractivity (Wildman–Crippen MR) is 99.2 cm³/mol. The summed E-state index contributed by atoms with van der Waals surface area (Å²) in [4.78, 5) is 16.1. The summed E-state index contributed by atoms with van der Waals surface area (Å²) < 4.78 is 0. The Morgan fingerprint density at radius 1 is 0.920 bits per heavy atom. The van der Waals surface area contributed by atoms with Crippen LogP contribution >= 0.6 is 0 Å². The van der Waals surface area contributed by atoms with Crippen molar-refractivity contribution in [1.29, 1.82) is 0 Å². The van der Waals surface area contributed by atoms with E-state index in [1.54, 1.807) is 0 Å². The van der Waals surface area contributed by atoms with E-state index in [2.05, 4.69) is 53.1 Å². The molecule has 3 rings (SSSR count).